The Labute approximate surface area is 179 Å². The monoisotopic (exact) mass is 424 g/mol. The molecule has 0 unspecified atom stereocenters. The molecule has 0 radical (unpaired) electrons. The van der Waals surface area contributed by atoms with Crippen LogP contribution in [-0.2, 0) is 16.0 Å². The standard InChI is InChI=1S/C23H24N2O4S/c1-28-16-9-6-15(7-10-16)8-11-20(26)25-12-13-29-18(14-25)21-17-4-2-3-5-19(17)30-22(21)23(24)27/h2-7,9-10,18H,8,11-14H2,1H3,(H2,24,27)/t18-/m0/s1. The quantitative estimate of drug-likeness (QED) is 0.656. The molecule has 1 fully saturated rings. The number of carbonyl (C=O) groups is 2. The van der Waals surface area contributed by atoms with Crippen LogP contribution in [0.5, 0.6) is 5.75 Å². The van der Waals surface area contributed by atoms with Crippen molar-refractivity contribution in [2.75, 3.05) is 26.8 Å². The van der Waals surface area contributed by atoms with E-state index in [9.17, 15) is 9.59 Å². The summed E-state index contributed by atoms with van der Waals surface area (Å²) < 4.78 is 12.1. The van der Waals surface area contributed by atoms with E-state index < -0.39 is 5.91 Å². The molecule has 30 heavy (non-hydrogen) atoms. The molecule has 4 rings (SSSR count). The van der Waals surface area contributed by atoms with Gasteiger partial charge in [0.25, 0.3) is 5.91 Å². The molecule has 1 aromatic heterocycles. The van der Waals surface area contributed by atoms with Crippen LogP contribution in [0.4, 0.5) is 0 Å². The molecule has 1 atom stereocenters. The Morgan fingerprint density at radius 2 is 1.97 bits per heavy atom. The number of hydrogen-bond acceptors (Lipinski definition) is 5. The fourth-order valence-corrected chi connectivity index (χ4v) is 4.93. The molecule has 0 bridgehead atoms. The fourth-order valence-electron chi connectivity index (χ4n) is 3.82. The van der Waals surface area contributed by atoms with E-state index in [1.807, 2.05) is 53.4 Å². The van der Waals surface area contributed by atoms with Crippen LogP contribution in [0.3, 0.4) is 0 Å². The van der Waals surface area contributed by atoms with Crippen LogP contribution in [0.25, 0.3) is 10.1 Å². The number of nitrogens with two attached hydrogens (primary N) is 1. The van der Waals surface area contributed by atoms with Crippen molar-refractivity contribution in [2.24, 2.45) is 5.73 Å². The van der Waals surface area contributed by atoms with Crippen molar-refractivity contribution in [3.05, 3.63) is 64.5 Å². The summed E-state index contributed by atoms with van der Waals surface area (Å²) >= 11 is 1.38. The van der Waals surface area contributed by atoms with Crippen LogP contribution >= 0.6 is 11.3 Å². The highest BCUT2D eigenvalue weighted by atomic mass is 32.1. The maximum atomic E-state index is 12.8. The van der Waals surface area contributed by atoms with Gasteiger partial charge in [0.2, 0.25) is 5.91 Å². The molecule has 2 N–H and O–H groups in total. The SMILES string of the molecule is COc1ccc(CCC(=O)N2CCO[C@H](c3c(C(N)=O)sc4ccccc34)C2)cc1. The lowest BCUT2D eigenvalue weighted by atomic mass is 10.0. The van der Waals surface area contributed by atoms with E-state index in [0.29, 0.717) is 37.4 Å². The van der Waals surface area contributed by atoms with Gasteiger partial charge in [0.05, 0.1) is 25.1 Å². The van der Waals surface area contributed by atoms with E-state index in [1.165, 1.54) is 11.3 Å². The van der Waals surface area contributed by atoms with Crippen molar-refractivity contribution in [2.45, 2.75) is 18.9 Å². The van der Waals surface area contributed by atoms with Crippen molar-refractivity contribution < 1.29 is 19.1 Å². The van der Waals surface area contributed by atoms with Gasteiger partial charge in [0.1, 0.15) is 11.9 Å². The van der Waals surface area contributed by atoms with Gasteiger partial charge in [-0.25, -0.2) is 0 Å². The minimum atomic E-state index is -0.460. The van der Waals surface area contributed by atoms with Gasteiger partial charge in [-0.3, -0.25) is 9.59 Å². The molecule has 3 aromatic rings. The topological polar surface area (TPSA) is 81.9 Å². The van der Waals surface area contributed by atoms with E-state index in [2.05, 4.69) is 0 Å². The van der Waals surface area contributed by atoms with Gasteiger partial charge < -0.3 is 20.1 Å². The number of methoxy groups -OCH3 is 1. The van der Waals surface area contributed by atoms with Crippen molar-refractivity contribution in [1.82, 2.24) is 4.90 Å². The van der Waals surface area contributed by atoms with E-state index in [-0.39, 0.29) is 12.0 Å². The number of rotatable bonds is 6. The molecule has 0 saturated carbocycles. The van der Waals surface area contributed by atoms with Crippen LogP contribution in [0.15, 0.2) is 48.5 Å². The zero-order chi connectivity index (χ0) is 21.1. The first-order valence-electron chi connectivity index (χ1n) is 9.90. The highest BCUT2D eigenvalue weighted by Crippen LogP contribution is 2.38. The number of aryl methyl sites for hydroxylation is 1. The maximum Gasteiger partial charge on any atom is 0.259 e. The molecular weight excluding hydrogens is 400 g/mol. The average molecular weight is 425 g/mol. The Bertz CT molecular complexity index is 1060. The van der Waals surface area contributed by atoms with Crippen LogP contribution in [0.1, 0.15) is 33.3 Å². The number of carbonyl (C=O) groups excluding carboxylic acids is 2. The lowest BCUT2D eigenvalue weighted by Crippen LogP contribution is -2.42. The number of primary amides is 1. The Kier molecular flexibility index (Phi) is 6.01. The molecule has 0 aliphatic carbocycles. The molecule has 1 aliphatic rings. The summed E-state index contributed by atoms with van der Waals surface area (Å²) in [6, 6.07) is 15.6. The van der Waals surface area contributed by atoms with Gasteiger partial charge in [-0.05, 0) is 35.6 Å². The first-order valence-corrected chi connectivity index (χ1v) is 10.7. The van der Waals surface area contributed by atoms with Gasteiger partial charge >= 0.3 is 0 Å². The number of fused-ring (bicyclic) bond motifs is 1. The zero-order valence-electron chi connectivity index (χ0n) is 16.8. The number of amides is 2. The van der Waals surface area contributed by atoms with Crippen LogP contribution in [-0.4, -0.2) is 43.5 Å². The predicted octanol–water partition coefficient (Wildman–Crippen LogP) is 3.54. The number of ether oxygens (including phenoxy) is 2. The molecule has 2 aromatic carbocycles. The lowest BCUT2D eigenvalue weighted by molar-refractivity contribution is -0.138. The van der Waals surface area contributed by atoms with E-state index in [1.54, 1.807) is 7.11 Å². The maximum absolute atomic E-state index is 12.8. The van der Waals surface area contributed by atoms with Crippen molar-refractivity contribution >= 4 is 33.2 Å². The molecule has 0 spiro atoms. The third-order valence-corrected chi connectivity index (χ3v) is 6.59. The average Bonchev–Trinajstić information content (AvgIpc) is 3.18. The molecular formula is C23H24N2O4S. The summed E-state index contributed by atoms with van der Waals surface area (Å²) in [5.41, 5.74) is 7.53. The Hall–Kier alpha value is -2.90. The first kappa shape index (κ1) is 20.4. The molecule has 2 heterocycles. The zero-order valence-corrected chi connectivity index (χ0v) is 17.6. The highest BCUT2D eigenvalue weighted by Gasteiger charge is 2.30. The van der Waals surface area contributed by atoms with Crippen molar-refractivity contribution in [1.29, 1.82) is 0 Å². The van der Waals surface area contributed by atoms with Gasteiger partial charge in [0.15, 0.2) is 0 Å². The molecule has 1 aliphatic heterocycles. The number of morpholine rings is 1. The third kappa shape index (κ3) is 4.17. The van der Waals surface area contributed by atoms with E-state index >= 15 is 0 Å². The van der Waals surface area contributed by atoms with E-state index in [0.717, 1.165) is 27.0 Å². The normalized spacial score (nSPS) is 16.6. The van der Waals surface area contributed by atoms with Crippen molar-refractivity contribution in [3.8, 4) is 5.75 Å². The smallest absolute Gasteiger partial charge is 0.259 e. The molecule has 6 nitrogen and oxygen atoms in total. The number of hydrogen-bond donors (Lipinski definition) is 1. The minimum absolute atomic E-state index is 0.0827. The molecule has 1 saturated heterocycles. The van der Waals surface area contributed by atoms with Crippen LogP contribution < -0.4 is 10.5 Å². The summed E-state index contributed by atoms with van der Waals surface area (Å²) in [4.78, 5) is 27.2. The highest BCUT2D eigenvalue weighted by molar-refractivity contribution is 7.21. The fraction of sp³-hybridized carbons (Fsp3) is 0.304. The van der Waals surface area contributed by atoms with Gasteiger partial charge in [-0.1, -0.05) is 30.3 Å². The summed E-state index contributed by atoms with van der Waals surface area (Å²) in [5.74, 6) is 0.423. The Morgan fingerprint density at radius 1 is 1.20 bits per heavy atom. The number of nitrogens with zero attached hydrogens (tertiary/aromatic N) is 1. The summed E-state index contributed by atoms with van der Waals surface area (Å²) in [6.07, 6.45) is 0.729. The number of thiophene rings is 1. The molecule has 156 valence electrons. The number of benzene rings is 2. The molecule has 7 heteroatoms. The third-order valence-electron chi connectivity index (χ3n) is 5.39. The lowest BCUT2D eigenvalue weighted by Gasteiger charge is -2.33. The Morgan fingerprint density at radius 3 is 2.70 bits per heavy atom. The molecule has 2 amide bonds. The van der Waals surface area contributed by atoms with Gasteiger partial charge in [0, 0.05) is 23.2 Å². The minimum Gasteiger partial charge on any atom is -0.497 e. The van der Waals surface area contributed by atoms with Gasteiger partial charge in [-0.15, -0.1) is 11.3 Å². The second-order valence-electron chi connectivity index (χ2n) is 7.25. The second kappa shape index (κ2) is 8.85. The van der Waals surface area contributed by atoms with Gasteiger partial charge in [-0.2, -0.15) is 0 Å². The van der Waals surface area contributed by atoms with E-state index in [4.69, 9.17) is 15.2 Å². The van der Waals surface area contributed by atoms with Crippen LogP contribution in [0, 0.1) is 0 Å². The predicted molar refractivity (Wildman–Crippen MR) is 117 cm³/mol. The first-order chi connectivity index (χ1) is 14.6. The summed E-state index contributed by atoms with van der Waals surface area (Å²) in [6.45, 7) is 1.40. The van der Waals surface area contributed by atoms with Crippen LogP contribution in [0.2, 0.25) is 0 Å². The Balaban J connectivity index is 1.48. The largest absolute Gasteiger partial charge is 0.497 e. The van der Waals surface area contributed by atoms with Crippen molar-refractivity contribution in [3.63, 3.8) is 0 Å². The summed E-state index contributed by atoms with van der Waals surface area (Å²) in [7, 11) is 1.63. The second-order valence-corrected chi connectivity index (χ2v) is 8.30. The summed E-state index contributed by atoms with van der Waals surface area (Å²) in [5, 5.41) is 0.967.